The van der Waals surface area contributed by atoms with Crippen LogP contribution in [0.15, 0.2) is 78.9 Å². The van der Waals surface area contributed by atoms with Crippen LogP contribution >= 0.6 is 11.8 Å². The van der Waals surface area contributed by atoms with Crippen LogP contribution in [0.5, 0.6) is 0 Å². The lowest BCUT2D eigenvalue weighted by Gasteiger charge is -2.36. The molecular formula is C27H24N2O2S. The van der Waals surface area contributed by atoms with Crippen molar-refractivity contribution >= 4 is 29.1 Å². The third-order valence-electron chi connectivity index (χ3n) is 7.30. The van der Waals surface area contributed by atoms with Crippen molar-refractivity contribution in [1.82, 2.24) is 4.90 Å². The highest BCUT2D eigenvalue weighted by molar-refractivity contribution is 7.99. The number of Topliss-reactive ketones (excluding diaryl/α,β-unsaturated/α-hetero) is 1. The van der Waals surface area contributed by atoms with Crippen LogP contribution in [-0.2, 0) is 10.3 Å². The first-order valence-corrected chi connectivity index (χ1v) is 12.2. The fourth-order valence-corrected chi connectivity index (χ4v) is 7.35. The lowest BCUT2D eigenvalue weighted by Crippen LogP contribution is -2.52. The first-order valence-electron chi connectivity index (χ1n) is 11.0. The largest absolute Gasteiger partial charge is 0.324 e. The number of benzene rings is 3. The van der Waals surface area contributed by atoms with Crippen LogP contribution in [-0.4, -0.2) is 34.3 Å². The van der Waals surface area contributed by atoms with Crippen molar-refractivity contribution in [2.75, 3.05) is 16.9 Å². The van der Waals surface area contributed by atoms with E-state index in [4.69, 9.17) is 0 Å². The van der Waals surface area contributed by atoms with Gasteiger partial charge in [0.1, 0.15) is 5.54 Å². The van der Waals surface area contributed by atoms with E-state index >= 15 is 0 Å². The number of thioether (sulfide) groups is 1. The van der Waals surface area contributed by atoms with Gasteiger partial charge in [0.05, 0.1) is 5.92 Å². The van der Waals surface area contributed by atoms with Gasteiger partial charge < -0.3 is 5.32 Å². The van der Waals surface area contributed by atoms with E-state index in [0.29, 0.717) is 5.56 Å². The molecule has 0 aromatic heterocycles. The fourth-order valence-electron chi connectivity index (χ4n) is 6.02. The van der Waals surface area contributed by atoms with Crippen LogP contribution in [0.25, 0.3) is 0 Å². The van der Waals surface area contributed by atoms with Crippen LogP contribution in [0, 0.1) is 12.8 Å². The zero-order valence-corrected chi connectivity index (χ0v) is 18.6. The summed E-state index contributed by atoms with van der Waals surface area (Å²) in [5.41, 5.74) is 3.67. The number of rotatable bonds is 3. The highest BCUT2D eigenvalue weighted by Gasteiger charge is 2.69. The predicted octanol–water partition coefficient (Wildman–Crippen LogP) is 4.81. The average Bonchev–Trinajstić information content (AvgIpc) is 3.48. The van der Waals surface area contributed by atoms with Gasteiger partial charge in [0.15, 0.2) is 5.78 Å². The van der Waals surface area contributed by atoms with E-state index in [1.54, 1.807) is 0 Å². The summed E-state index contributed by atoms with van der Waals surface area (Å²) in [5.74, 6) is 1.07. The maximum Gasteiger partial charge on any atom is 0.250 e. The highest BCUT2D eigenvalue weighted by Crippen LogP contribution is 2.61. The van der Waals surface area contributed by atoms with E-state index in [2.05, 4.69) is 28.4 Å². The van der Waals surface area contributed by atoms with Gasteiger partial charge in [-0.1, -0.05) is 78.4 Å². The number of amides is 1. The number of carbonyl (C=O) groups excluding carboxylic acids is 2. The Labute approximate surface area is 192 Å². The number of carbonyl (C=O) groups is 2. The molecule has 0 saturated carbocycles. The van der Waals surface area contributed by atoms with Gasteiger partial charge in [0.25, 0.3) is 0 Å². The molecule has 1 amide bonds. The van der Waals surface area contributed by atoms with Crippen LogP contribution in [0.3, 0.4) is 0 Å². The number of fused-ring (bicyclic) bond motifs is 4. The number of hydrogen-bond acceptors (Lipinski definition) is 4. The van der Waals surface area contributed by atoms with Gasteiger partial charge in [-0.15, -0.1) is 11.8 Å². The molecule has 4 nitrogen and oxygen atoms in total. The fraction of sp³-hybridized carbons (Fsp3) is 0.259. The van der Waals surface area contributed by atoms with Crippen molar-refractivity contribution < 1.29 is 9.59 Å². The summed E-state index contributed by atoms with van der Waals surface area (Å²) in [7, 11) is 0. The summed E-state index contributed by atoms with van der Waals surface area (Å²) in [6.07, 6.45) is 0. The molecule has 3 heterocycles. The van der Waals surface area contributed by atoms with Crippen molar-refractivity contribution in [3.8, 4) is 0 Å². The molecular weight excluding hydrogens is 416 g/mol. The minimum absolute atomic E-state index is 0.0448. The smallest absolute Gasteiger partial charge is 0.250 e. The zero-order valence-electron chi connectivity index (χ0n) is 17.8. The average molecular weight is 441 g/mol. The maximum absolute atomic E-state index is 14.2. The second-order valence-electron chi connectivity index (χ2n) is 8.95. The number of hydrogen-bond donors (Lipinski definition) is 1. The summed E-state index contributed by atoms with van der Waals surface area (Å²) in [6.45, 7) is 2.05. The monoisotopic (exact) mass is 440 g/mol. The Morgan fingerprint density at radius 3 is 2.50 bits per heavy atom. The van der Waals surface area contributed by atoms with Gasteiger partial charge in [0.2, 0.25) is 5.91 Å². The topological polar surface area (TPSA) is 49.4 Å². The molecule has 3 aliphatic heterocycles. The predicted molar refractivity (Wildman–Crippen MR) is 128 cm³/mol. The molecule has 1 N–H and O–H groups in total. The van der Waals surface area contributed by atoms with Crippen molar-refractivity contribution in [1.29, 1.82) is 0 Å². The second kappa shape index (κ2) is 7.32. The van der Waals surface area contributed by atoms with Gasteiger partial charge in [-0.25, -0.2) is 0 Å². The van der Waals surface area contributed by atoms with Crippen molar-refractivity contribution in [3.63, 3.8) is 0 Å². The van der Waals surface area contributed by atoms with Gasteiger partial charge in [-0.3, -0.25) is 14.5 Å². The number of aryl methyl sites for hydroxylation is 1. The Bertz CT molecular complexity index is 1210. The van der Waals surface area contributed by atoms with E-state index in [1.165, 1.54) is 0 Å². The molecule has 160 valence electrons. The van der Waals surface area contributed by atoms with E-state index in [9.17, 15) is 9.59 Å². The summed E-state index contributed by atoms with van der Waals surface area (Å²) in [6, 6.07) is 26.0. The number of nitrogens with zero attached hydrogens (tertiary/aromatic N) is 1. The molecule has 3 aromatic rings. The minimum atomic E-state index is -0.997. The molecule has 0 bridgehead atoms. The second-order valence-corrected chi connectivity index (χ2v) is 9.95. The number of nitrogens with one attached hydrogen (secondary N) is 1. The lowest BCUT2D eigenvalue weighted by molar-refractivity contribution is -0.127. The Morgan fingerprint density at radius 1 is 1.03 bits per heavy atom. The van der Waals surface area contributed by atoms with Gasteiger partial charge >= 0.3 is 0 Å². The maximum atomic E-state index is 14.2. The van der Waals surface area contributed by atoms with Crippen molar-refractivity contribution in [3.05, 3.63) is 101 Å². The molecule has 5 heteroatoms. The number of ketones is 1. The van der Waals surface area contributed by atoms with E-state index in [1.807, 2.05) is 79.3 Å². The molecule has 2 saturated heterocycles. The molecule has 1 spiro atoms. The molecule has 6 rings (SSSR count). The van der Waals surface area contributed by atoms with E-state index in [-0.39, 0.29) is 23.7 Å². The summed E-state index contributed by atoms with van der Waals surface area (Å²) >= 11 is 1.85. The Kier molecular flexibility index (Phi) is 4.52. The quantitative estimate of drug-likeness (QED) is 0.594. The molecule has 2 fully saturated rings. The normalized spacial score (nSPS) is 28.5. The molecule has 0 radical (unpaired) electrons. The lowest BCUT2D eigenvalue weighted by atomic mass is 9.69. The number of anilines is 1. The Hall–Kier alpha value is -2.89. The highest BCUT2D eigenvalue weighted by atomic mass is 32.2. The van der Waals surface area contributed by atoms with Crippen molar-refractivity contribution in [2.24, 2.45) is 5.92 Å². The van der Waals surface area contributed by atoms with Gasteiger partial charge in [-0.2, -0.15) is 0 Å². The molecule has 32 heavy (non-hydrogen) atoms. The summed E-state index contributed by atoms with van der Waals surface area (Å²) < 4.78 is 0. The van der Waals surface area contributed by atoms with E-state index in [0.717, 1.165) is 34.0 Å². The minimum Gasteiger partial charge on any atom is -0.324 e. The Morgan fingerprint density at radius 2 is 1.75 bits per heavy atom. The van der Waals surface area contributed by atoms with Crippen LogP contribution < -0.4 is 5.32 Å². The third kappa shape index (κ3) is 2.61. The summed E-state index contributed by atoms with van der Waals surface area (Å²) in [5, 5.41) is 3.14. The molecule has 3 aromatic carbocycles. The molecule has 0 unspecified atom stereocenters. The molecule has 3 aliphatic rings. The van der Waals surface area contributed by atoms with Crippen LogP contribution in [0.2, 0.25) is 0 Å². The standard InChI is InChI=1S/C27H24N2O2S/c1-17-12-13-21-20(14-17)27(26(31)28-21)24(25(30)19-10-6-3-7-11-19)23(18-8-4-2-5-9-18)22-15-32-16-29(22)27/h2-14,22-24H,15-16H2,1H3,(H,28,31)/t22-,23+,24-,27+/m0/s1. The first kappa shape index (κ1) is 19.8. The Balaban J connectivity index is 1.63. The van der Waals surface area contributed by atoms with Gasteiger partial charge in [-0.05, 0) is 18.6 Å². The zero-order chi connectivity index (χ0) is 21.9. The van der Waals surface area contributed by atoms with Crippen molar-refractivity contribution in [2.45, 2.75) is 24.4 Å². The SMILES string of the molecule is Cc1ccc2c(c1)[C@]1(C(=O)N2)[C@H](C(=O)c2ccccc2)[C@H](c2ccccc2)[C@@H]2CSCN21. The van der Waals surface area contributed by atoms with Gasteiger partial charge in [0, 0.05) is 40.4 Å². The molecule has 4 atom stereocenters. The molecule has 0 aliphatic carbocycles. The summed E-state index contributed by atoms with van der Waals surface area (Å²) in [4.78, 5) is 30.5. The first-order chi connectivity index (χ1) is 15.6. The van der Waals surface area contributed by atoms with E-state index < -0.39 is 11.5 Å². The van der Waals surface area contributed by atoms with Crippen LogP contribution in [0.1, 0.15) is 33.0 Å². The van der Waals surface area contributed by atoms with Crippen LogP contribution in [0.4, 0.5) is 5.69 Å². The third-order valence-corrected chi connectivity index (χ3v) is 8.34.